The molecular weight excluding hydrogens is 332 g/mol. The highest BCUT2D eigenvalue weighted by molar-refractivity contribution is 6.32. The van der Waals surface area contributed by atoms with Crippen LogP contribution in [0.2, 0.25) is 5.02 Å². The molecule has 1 aromatic heterocycles. The zero-order valence-electron chi connectivity index (χ0n) is 14.2. The number of pyridine rings is 1. The summed E-state index contributed by atoms with van der Waals surface area (Å²) >= 11 is 6.51. The summed E-state index contributed by atoms with van der Waals surface area (Å²) in [5, 5.41) is 1.91. The second kappa shape index (κ2) is 7.12. The Labute approximate surface area is 153 Å². The largest absolute Gasteiger partial charge is 0.368 e. The number of hydrogen-bond acceptors (Lipinski definition) is 3. The van der Waals surface area contributed by atoms with E-state index in [1.54, 1.807) is 0 Å². The molecule has 0 N–H and O–H groups in total. The lowest BCUT2D eigenvalue weighted by Gasteiger charge is -2.37. The van der Waals surface area contributed by atoms with Crippen molar-refractivity contribution >= 4 is 22.5 Å². The fourth-order valence-corrected chi connectivity index (χ4v) is 3.79. The van der Waals surface area contributed by atoms with Gasteiger partial charge >= 0.3 is 0 Å². The molecule has 0 spiro atoms. The fraction of sp³-hybridized carbons (Fsp3) is 0.286. The van der Waals surface area contributed by atoms with Crippen molar-refractivity contribution in [1.82, 2.24) is 9.88 Å². The number of ether oxygens (including phenoxy) is 1. The van der Waals surface area contributed by atoms with Crippen LogP contribution in [0.3, 0.4) is 0 Å². The SMILES string of the molecule is CC1CN(Cc2c(Cl)ccc3cccnc23)CC(c2ccccc2)O1. The van der Waals surface area contributed by atoms with Crippen LogP contribution in [0, 0.1) is 0 Å². The van der Waals surface area contributed by atoms with Gasteiger partial charge in [0.1, 0.15) is 0 Å². The molecule has 2 heterocycles. The molecule has 0 aliphatic carbocycles. The minimum atomic E-state index is 0.0895. The lowest BCUT2D eigenvalue weighted by molar-refractivity contribution is -0.0813. The maximum Gasteiger partial charge on any atom is 0.0956 e. The van der Waals surface area contributed by atoms with Gasteiger partial charge in [0.15, 0.2) is 0 Å². The average molecular weight is 353 g/mol. The second-order valence-electron chi connectivity index (χ2n) is 6.64. The Kier molecular flexibility index (Phi) is 4.71. The van der Waals surface area contributed by atoms with Gasteiger partial charge in [-0.3, -0.25) is 9.88 Å². The van der Waals surface area contributed by atoms with Crippen molar-refractivity contribution in [2.45, 2.75) is 25.7 Å². The first-order valence-corrected chi connectivity index (χ1v) is 9.03. The average Bonchev–Trinajstić information content (AvgIpc) is 2.64. The molecule has 3 aromatic rings. The number of fused-ring (bicyclic) bond motifs is 1. The van der Waals surface area contributed by atoms with Gasteiger partial charge in [0.25, 0.3) is 0 Å². The fourth-order valence-electron chi connectivity index (χ4n) is 3.57. The van der Waals surface area contributed by atoms with Crippen LogP contribution in [0.25, 0.3) is 10.9 Å². The molecule has 0 saturated carbocycles. The Balaban J connectivity index is 1.61. The lowest BCUT2D eigenvalue weighted by atomic mass is 10.0. The van der Waals surface area contributed by atoms with E-state index in [2.05, 4.69) is 47.1 Å². The van der Waals surface area contributed by atoms with Crippen molar-refractivity contribution in [3.63, 3.8) is 0 Å². The monoisotopic (exact) mass is 352 g/mol. The number of halogens is 1. The minimum Gasteiger partial charge on any atom is -0.368 e. The van der Waals surface area contributed by atoms with E-state index < -0.39 is 0 Å². The van der Waals surface area contributed by atoms with E-state index in [-0.39, 0.29) is 12.2 Å². The van der Waals surface area contributed by atoms with Crippen LogP contribution in [-0.4, -0.2) is 29.1 Å². The molecule has 0 amide bonds. The summed E-state index contributed by atoms with van der Waals surface area (Å²) in [7, 11) is 0. The van der Waals surface area contributed by atoms with Crippen molar-refractivity contribution in [2.75, 3.05) is 13.1 Å². The first kappa shape index (κ1) is 16.5. The number of hydrogen-bond donors (Lipinski definition) is 0. The summed E-state index contributed by atoms with van der Waals surface area (Å²) < 4.78 is 6.17. The van der Waals surface area contributed by atoms with Gasteiger partial charge < -0.3 is 4.74 Å². The predicted octanol–water partition coefficient (Wildman–Crippen LogP) is 4.85. The number of rotatable bonds is 3. The third kappa shape index (κ3) is 3.54. The Morgan fingerprint density at radius 3 is 2.76 bits per heavy atom. The molecule has 2 aromatic carbocycles. The molecule has 1 aliphatic rings. The highest BCUT2D eigenvalue weighted by atomic mass is 35.5. The van der Waals surface area contributed by atoms with Gasteiger partial charge in [-0.25, -0.2) is 0 Å². The van der Waals surface area contributed by atoms with Gasteiger partial charge in [0.2, 0.25) is 0 Å². The van der Waals surface area contributed by atoms with Crippen molar-refractivity contribution in [3.8, 4) is 0 Å². The van der Waals surface area contributed by atoms with E-state index in [1.165, 1.54) is 5.56 Å². The van der Waals surface area contributed by atoms with Crippen molar-refractivity contribution in [1.29, 1.82) is 0 Å². The number of aromatic nitrogens is 1. The molecule has 1 saturated heterocycles. The van der Waals surface area contributed by atoms with E-state index in [1.807, 2.05) is 30.5 Å². The molecule has 2 unspecified atom stereocenters. The van der Waals surface area contributed by atoms with Crippen LogP contribution < -0.4 is 0 Å². The quantitative estimate of drug-likeness (QED) is 0.673. The van der Waals surface area contributed by atoms with Gasteiger partial charge in [0.05, 0.1) is 17.7 Å². The first-order valence-electron chi connectivity index (χ1n) is 8.65. The number of nitrogens with zero attached hydrogens (tertiary/aromatic N) is 2. The van der Waals surface area contributed by atoms with E-state index in [4.69, 9.17) is 16.3 Å². The smallest absolute Gasteiger partial charge is 0.0956 e. The second-order valence-corrected chi connectivity index (χ2v) is 7.05. The zero-order chi connectivity index (χ0) is 17.2. The maximum absolute atomic E-state index is 6.51. The zero-order valence-corrected chi connectivity index (χ0v) is 15.0. The molecule has 0 bridgehead atoms. The van der Waals surface area contributed by atoms with Crippen molar-refractivity contribution in [2.24, 2.45) is 0 Å². The first-order chi connectivity index (χ1) is 12.2. The molecule has 128 valence electrons. The third-order valence-corrected chi connectivity index (χ3v) is 5.07. The molecule has 1 fully saturated rings. The van der Waals surface area contributed by atoms with Gasteiger partial charge in [0, 0.05) is 41.8 Å². The van der Waals surface area contributed by atoms with Crippen LogP contribution in [-0.2, 0) is 11.3 Å². The van der Waals surface area contributed by atoms with Crippen molar-refractivity contribution in [3.05, 3.63) is 76.9 Å². The number of morpholine rings is 1. The van der Waals surface area contributed by atoms with Gasteiger partial charge in [-0.1, -0.05) is 54.1 Å². The Hall–Kier alpha value is -1.94. The van der Waals surface area contributed by atoms with Crippen LogP contribution in [0.15, 0.2) is 60.8 Å². The van der Waals surface area contributed by atoms with E-state index in [9.17, 15) is 0 Å². The summed E-state index contributed by atoms with van der Waals surface area (Å²) in [5.74, 6) is 0. The van der Waals surface area contributed by atoms with Gasteiger partial charge in [-0.05, 0) is 24.6 Å². The molecule has 1 aliphatic heterocycles. The van der Waals surface area contributed by atoms with Crippen LogP contribution >= 0.6 is 11.6 Å². The summed E-state index contributed by atoms with van der Waals surface area (Å²) in [6, 6.07) is 18.5. The highest BCUT2D eigenvalue weighted by Crippen LogP contribution is 2.30. The highest BCUT2D eigenvalue weighted by Gasteiger charge is 2.27. The van der Waals surface area contributed by atoms with E-state index in [0.29, 0.717) is 0 Å². The lowest BCUT2D eigenvalue weighted by Crippen LogP contribution is -2.42. The van der Waals surface area contributed by atoms with Crippen LogP contribution in [0.5, 0.6) is 0 Å². The Morgan fingerprint density at radius 2 is 1.92 bits per heavy atom. The van der Waals surface area contributed by atoms with Gasteiger partial charge in [-0.2, -0.15) is 0 Å². The van der Waals surface area contributed by atoms with Crippen LogP contribution in [0.4, 0.5) is 0 Å². The molecule has 25 heavy (non-hydrogen) atoms. The van der Waals surface area contributed by atoms with E-state index in [0.717, 1.165) is 41.1 Å². The van der Waals surface area contributed by atoms with Gasteiger partial charge in [-0.15, -0.1) is 0 Å². The maximum atomic E-state index is 6.51. The predicted molar refractivity (Wildman–Crippen MR) is 102 cm³/mol. The standard InChI is InChI=1S/C21H21ClN2O/c1-15-12-24(14-20(25-15)16-6-3-2-4-7-16)13-18-19(22)10-9-17-8-5-11-23-21(17)18/h2-11,15,20H,12-14H2,1H3. The normalized spacial score (nSPS) is 21.5. The van der Waals surface area contributed by atoms with Crippen molar-refractivity contribution < 1.29 is 4.74 Å². The molecule has 4 heteroatoms. The minimum absolute atomic E-state index is 0.0895. The molecule has 2 atom stereocenters. The Morgan fingerprint density at radius 1 is 1.08 bits per heavy atom. The van der Waals surface area contributed by atoms with Crippen LogP contribution in [0.1, 0.15) is 24.2 Å². The molecule has 0 radical (unpaired) electrons. The topological polar surface area (TPSA) is 25.4 Å². The summed E-state index contributed by atoms with van der Waals surface area (Å²) in [4.78, 5) is 6.98. The van der Waals surface area contributed by atoms with E-state index >= 15 is 0 Å². The Bertz CT molecular complexity index is 868. The third-order valence-electron chi connectivity index (χ3n) is 4.71. The molecule has 4 rings (SSSR count). The summed E-state index contributed by atoms with van der Waals surface area (Å²) in [6.45, 7) is 4.66. The number of benzene rings is 2. The summed E-state index contributed by atoms with van der Waals surface area (Å²) in [6.07, 6.45) is 2.10. The molecular formula is C21H21ClN2O. The molecule has 3 nitrogen and oxygen atoms in total. The summed E-state index contributed by atoms with van der Waals surface area (Å²) in [5.41, 5.74) is 3.31.